The first-order chi connectivity index (χ1) is 15.0. The van der Waals surface area contributed by atoms with E-state index < -0.39 is 0 Å². The molecule has 5 nitrogen and oxygen atoms in total. The van der Waals surface area contributed by atoms with E-state index in [1.165, 1.54) is 19.3 Å². The molecule has 4 aliphatic carbocycles. The Bertz CT molecular complexity index is 823. The fourth-order valence-corrected chi connectivity index (χ4v) is 7.09. The lowest BCUT2D eigenvalue weighted by atomic mass is 9.49. The van der Waals surface area contributed by atoms with Gasteiger partial charge in [-0.2, -0.15) is 0 Å². The van der Waals surface area contributed by atoms with Crippen molar-refractivity contribution >= 4 is 23.2 Å². The Morgan fingerprint density at radius 3 is 2.26 bits per heavy atom. The van der Waals surface area contributed by atoms with E-state index in [-0.39, 0.29) is 23.3 Å². The highest BCUT2D eigenvalue weighted by Crippen LogP contribution is 2.60. The van der Waals surface area contributed by atoms with Crippen LogP contribution in [0.2, 0.25) is 0 Å². The Kier molecular flexibility index (Phi) is 5.47. The Hall–Kier alpha value is -2.04. The molecular weight excluding hydrogens is 386 g/mol. The summed E-state index contributed by atoms with van der Waals surface area (Å²) in [5, 5.41) is 6.36. The molecule has 5 aliphatic rings. The van der Waals surface area contributed by atoms with Gasteiger partial charge in [0, 0.05) is 30.5 Å². The minimum absolute atomic E-state index is 0.0397. The largest absolute Gasteiger partial charge is 0.371 e. The van der Waals surface area contributed by atoms with E-state index in [2.05, 4.69) is 22.5 Å². The Labute approximate surface area is 186 Å². The highest BCUT2D eigenvalue weighted by Gasteiger charge is 2.54. The summed E-state index contributed by atoms with van der Waals surface area (Å²) in [4.78, 5) is 28.9. The van der Waals surface area contributed by atoms with E-state index in [9.17, 15) is 9.59 Å². The lowest BCUT2D eigenvalue weighted by molar-refractivity contribution is -0.140. The predicted molar refractivity (Wildman–Crippen MR) is 124 cm³/mol. The molecule has 5 fully saturated rings. The van der Waals surface area contributed by atoms with Gasteiger partial charge >= 0.3 is 0 Å². The summed E-state index contributed by atoms with van der Waals surface area (Å²) in [6.07, 6.45) is 10.4. The summed E-state index contributed by atoms with van der Waals surface area (Å²) in [7, 11) is 0. The molecule has 1 heterocycles. The van der Waals surface area contributed by atoms with Crippen LogP contribution in [0.3, 0.4) is 0 Å². The van der Waals surface area contributed by atoms with Crippen LogP contribution in [0.4, 0.5) is 11.4 Å². The van der Waals surface area contributed by atoms with Gasteiger partial charge in [0.25, 0.3) is 5.91 Å². The second kappa shape index (κ2) is 8.14. The normalized spacial score (nSPS) is 32.2. The molecule has 1 saturated heterocycles. The number of rotatable bonds is 6. The molecule has 2 N–H and O–H groups in total. The number of benzene rings is 1. The van der Waals surface area contributed by atoms with Gasteiger partial charge in [0.1, 0.15) is 0 Å². The van der Waals surface area contributed by atoms with Crippen LogP contribution < -0.4 is 15.5 Å². The number of hydrogen-bond acceptors (Lipinski definition) is 3. The van der Waals surface area contributed by atoms with E-state index in [0.29, 0.717) is 5.56 Å². The highest BCUT2D eigenvalue weighted by atomic mass is 16.2. The second-order valence-corrected chi connectivity index (χ2v) is 10.9. The summed E-state index contributed by atoms with van der Waals surface area (Å²) in [5.74, 6) is 2.38. The van der Waals surface area contributed by atoms with E-state index in [1.807, 2.05) is 25.1 Å². The maximum atomic E-state index is 13.5. The number of carbonyl (C=O) groups excluding carboxylic acids is 2. The van der Waals surface area contributed by atoms with Crippen molar-refractivity contribution in [1.82, 2.24) is 5.32 Å². The molecular formula is C26H37N3O2. The molecule has 1 aromatic carbocycles. The zero-order valence-electron chi connectivity index (χ0n) is 19.1. The van der Waals surface area contributed by atoms with Crippen molar-refractivity contribution in [3.8, 4) is 0 Å². The van der Waals surface area contributed by atoms with Gasteiger partial charge in [0.15, 0.2) is 0 Å². The van der Waals surface area contributed by atoms with Gasteiger partial charge in [-0.25, -0.2) is 0 Å². The summed E-state index contributed by atoms with van der Waals surface area (Å²) >= 11 is 0. The molecule has 4 bridgehead atoms. The molecule has 5 heteroatoms. The van der Waals surface area contributed by atoms with E-state index in [4.69, 9.17) is 0 Å². The van der Waals surface area contributed by atoms with Gasteiger partial charge in [0.2, 0.25) is 5.91 Å². The lowest BCUT2D eigenvalue weighted by Gasteiger charge is -2.55. The monoisotopic (exact) mass is 423 g/mol. The topological polar surface area (TPSA) is 61.4 Å². The van der Waals surface area contributed by atoms with Crippen LogP contribution in [0.15, 0.2) is 18.2 Å². The molecule has 0 aromatic heterocycles. The Morgan fingerprint density at radius 1 is 1.06 bits per heavy atom. The van der Waals surface area contributed by atoms with Gasteiger partial charge in [-0.05, 0) is 101 Å². The third-order valence-electron chi connectivity index (χ3n) is 8.46. The van der Waals surface area contributed by atoms with Crippen molar-refractivity contribution in [3.05, 3.63) is 23.8 Å². The minimum atomic E-state index is -0.179. The summed E-state index contributed by atoms with van der Waals surface area (Å²) in [6.45, 7) is 6.09. The van der Waals surface area contributed by atoms with Crippen molar-refractivity contribution in [1.29, 1.82) is 0 Å². The van der Waals surface area contributed by atoms with Gasteiger partial charge < -0.3 is 15.5 Å². The van der Waals surface area contributed by atoms with E-state index >= 15 is 0 Å². The molecule has 4 saturated carbocycles. The zero-order chi connectivity index (χ0) is 21.6. The molecule has 0 spiro atoms. The average molecular weight is 424 g/mol. The average Bonchev–Trinajstić information content (AvgIpc) is 3.27. The predicted octanol–water partition coefficient (Wildman–Crippen LogP) is 4.97. The molecule has 6 rings (SSSR count). The van der Waals surface area contributed by atoms with Gasteiger partial charge in [-0.1, -0.05) is 6.92 Å². The van der Waals surface area contributed by atoms with Gasteiger partial charge in [-0.3, -0.25) is 9.59 Å². The van der Waals surface area contributed by atoms with Crippen molar-refractivity contribution < 1.29 is 9.59 Å². The SMILES string of the molecule is CCC(C)NC(=O)c1cc(NC(=O)C23CC4CC(CC(C4)C2)C3)ccc1N1CCCC1. The minimum Gasteiger partial charge on any atom is -0.371 e. The molecule has 1 atom stereocenters. The van der Waals surface area contributed by atoms with Crippen LogP contribution in [-0.4, -0.2) is 30.9 Å². The Balaban J connectivity index is 1.38. The van der Waals surface area contributed by atoms with Crippen molar-refractivity contribution in [2.75, 3.05) is 23.3 Å². The molecule has 1 aliphatic heterocycles. The van der Waals surface area contributed by atoms with Crippen LogP contribution in [-0.2, 0) is 4.79 Å². The first kappa shape index (κ1) is 20.8. The first-order valence-electron chi connectivity index (χ1n) is 12.5. The van der Waals surface area contributed by atoms with Crippen LogP contribution in [0.1, 0.15) is 82.0 Å². The highest BCUT2D eigenvalue weighted by molar-refractivity contribution is 6.03. The molecule has 168 valence electrons. The summed E-state index contributed by atoms with van der Waals surface area (Å²) < 4.78 is 0. The summed E-state index contributed by atoms with van der Waals surface area (Å²) in [5.41, 5.74) is 2.26. The number of carbonyl (C=O) groups is 2. The standard InChI is InChI=1S/C26H37N3O2/c1-3-17(2)27-24(30)22-13-21(6-7-23(22)29-8-4-5-9-29)28-25(31)26-14-18-10-19(15-26)12-20(11-18)16-26/h6-7,13,17-20H,3-5,8-12,14-16H2,1-2H3,(H,27,30)(H,28,31). The van der Waals surface area contributed by atoms with Gasteiger partial charge in [-0.15, -0.1) is 0 Å². The van der Waals surface area contributed by atoms with Crippen molar-refractivity contribution in [3.63, 3.8) is 0 Å². The third-order valence-corrected chi connectivity index (χ3v) is 8.46. The fraction of sp³-hybridized carbons (Fsp3) is 0.692. The van der Waals surface area contributed by atoms with E-state index in [0.717, 1.165) is 80.7 Å². The Morgan fingerprint density at radius 2 is 1.68 bits per heavy atom. The number of nitrogens with zero attached hydrogens (tertiary/aromatic N) is 1. The number of anilines is 2. The quantitative estimate of drug-likeness (QED) is 0.679. The molecule has 2 amide bonds. The molecule has 31 heavy (non-hydrogen) atoms. The number of nitrogens with one attached hydrogen (secondary N) is 2. The smallest absolute Gasteiger partial charge is 0.253 e. The third kappa shape index (κ3) is 3.96. The van der Waals surface area contributed by atoms with Crippen molar-refractivity contribution in [2.45, 2.75) is 77.7 Å². The van der Waals surface area contributed by atoms with Crippen LogP contribution in [0.25, 0.3) is 0 Å². The lowest BCUT2D eigenvalue weighted by Crippen LogP contribution is -2.51. The maximum Gasteiger partial charge on any atom is 0.253 e. The molecule has 1 aromatic rings. The number of hydrogen-bond donors (Lipinski definition) is 2. The van der Waals surface area contributed by atoms with E-state index in [1.54, 1.807) is 0 Å². The van der Waals surface area contributed by atoms with Crippen molar-refractivity contribution in [2.24, 2.45) is 23.2 Å². The fourth-order valence-electron chi connectivity index (χ4n) is 7.09. The maximum absolute atomic E-state index is 13.5. The zero-order valence-corrected chi connectivity index (χ0v) is 19.1. The van der Waals surface area contributed by atoms with Crippen LogP contribution >= 0.6 is 0 Å². The first-order valence-corrected chi connectivity index (χ1v) is 12.5. The van der Waals surface area contributed by atoms with Gasteiger partial charge in [0.05, 0.1) is 11.0 Å². The second-order valence-electron chi connectivity index (χ2n) is 10.9. The van der Waals surface area contributed by atoms with Crippen LogP contribution in [0, 0.1) is 23.2 Å². The van der Waals surface area contributed by atoms with Crippen LogP contribution in [0.5, 0.6) is 0 Å². The number of amides is 2. The molecule has 0 radical (unpaired) electrons. The molecule has 1 unspecified atom stereocenters. The summed E-state index contributed by atoms with van der Waals surface area (Å²) in [6, 6.07) is 6.06.